The summed E-state index contributed by atoms with van der Waals surface area (Å²) in [7, 11) is 0. The molecule has 2 aromatic rings. The minimum Gasteiger partial charge on any atom is -0.481 e. The molecule has 0 atom stereocenters. The maximum Gasteiger partial charge on any atom is 0.311 e. The van der Waals surface area contributed by atoms with Gasteiger partial charge >= 0.3 is 5.97 Å². The number of carboxylic acids is 1. The van der Waals surface area contributed by atoms with Gasteiger partial charge in [0.1, 0.15) is 6.42 Å². The van der Waals surface area contributed by atoms with Gasteiger partial charge in [0.25, 0.3) is 0 Å². The van der Waals surface area contributed by atoms with E-state index >= 15 is 0 Å². The molecule has 0 aromatic heterocycles. The molecule has 0 aliphatic carbocycles. The monoisotopic (exact) mass is 268 g/mol. The van der Waals surface area contributed by atoms with E-state index in [1.54, 1.807) is 12.1 Å². The Morgan fingerprint density at radius 3 is 1.85 bits per heavy atom. The lowest BCUT2D eigenvalue weighted by Crippen LogP contribution is -2.06. The normalized spacial score (nSPS) is 10.2. The van der Waals surface area contributed by atoms with Crippen molar-refractivity contribution in [1.82, 2.24) is 0 Å². The van der Waals surface area contributed by atoms with E-state index in [0.29, 0.717) is 5.56 Å². The molecule has 0 heterocycles. The highest BCUT2D eigenvalue weighted by Gasteiger charge is 2.10. The Hall–Kier alpha value is -2.42. The summed E-state index contributed by atoms with van der Waals surface area (Å²) in [5.74, 6) is -1.47. The molecule has 0 unspecified atom stereocenters. The SMILES string of the molecule is CCc1ccc(-c2ccc(C(=O)CC(=O)O)cc2)cc1. The summed E-state index contributed by atoms with van der Waals surface area (Å²) in [6.45, 7) is 2.11. The van der Waals surface area contributed by atoms with Gasteiger partial charge in [-0.1, -0.05) is 55.5 Å². The summed E-state index contributed by atoms with van der Waals surface area (Å²) in [5, 5.41) is 8.61. The van der Waals surface area contributed by atoms with Gasteiger partial charge < -0.3 is 5.11 Å². The number of carboxylic acid groups (broad SMARTS) is 1. The van der Waals surface area contributed by atoms with Gasteiger partial charge in [-0.15, -0.1) is 0 Å². The molecule has 0 spiro atoms. The molecule has 0 aliphatic heterocycles. The molecule has 0 saturated carbocycles. The summed E-state index contributed by atoms with van der Waals surface area (Å²) < 4.78 is 0. The molecule has 0 amide bonds. The maximum absolute atomic E-state index is 11.6. The summed E-state index contributed by atoms with van der Waals surface area (Å²) in [6.07, 6.45) is 0.535. The average Bonchev–Trinajstić information content (AvgIpc) is 2.47. The number of carbonyl (C=O) groups excluding carboxylic acids is 1. The van der Waals surface area contributed by atoms with Crippen LogP contribution in [0.4, 0.5) is 0 Å². The van der Waals surface area contributed by atoms with Gasteiger partial charge in [0.15, 0.2) is 5.78 Å². The van der Waals surface area contributed by atoms with Gasteiger partial charge in [0.2, 0.25) is 0 Å². The molecule has 0 bridgehead atoms. The number of hydrogen-bond acceptors (Lipinski definition) is 2. The van der Waals surface area contributed by atoms with Gasteiger partial charge in [-0.25, -0.2) is 0 Å². The minimum absolute atomic E-state index is 0.370. The zero-order chi connectivity index (χ0) is 14.5. The molecule has 2 aromatic carbocycles. The summed E-state index contributed by atoms with van der Waals surface area (Å²) in [6, 6.07) is 15.3. The summed E-state index contributed by atoms with van der Waals surface area (Å²) >= 11 is 0. The number of rotatable bonds is 5. The Morgan fingerprint density at radius 1 is 0.900 bits per heavy atom. The van der Waals surface area contributed by atoms with Gasteiger partial charge in [-0.3, -0.25) is 9.59 Å². The second-order valence-corrected chi connectivity index (χ2v) is 4.62. The van der Waals surface area contributed by atoms with E-state index in [1.807, 2.05) is 24.3 Å². The molecule has 0 aliphatic rings. The van der Waals surface area contributed by atoms with Crippen LogP contribution >= 0.6 is 0 Å². The molecule has 102 valence electrons. The lowest BCUT2D eigenvalue weighted by atomic mass is 10.00. The van der Waals surface area contributed by atoms with Crippen LogP contribution in [0.1, 0.15) is 29.3 Å². The zero-order valence-electron chi connectivity index (χ0n) is 11.3. The third kappa shape index (κ3) is 3.32. The first-order valence-electron chi connectivity index (χ1n) is 6.54. The molecular weight excluding hydrogens is 252 g/mol. The zero-order valence-corrected chi connectivity index (χ0v) is 11.3. The van der Waals surface area contributed by atoms with E-state index < -0.39 is 12.4 Å². The fourth-order valence-electron chi connectivity index (χ4n) is 2.02. The predicted octanol–water partition coefficient (Wildman–Crippen LogP) is 3.57. The molecule has 3 nitrogen and oxygen atoms in total. The second kappa shape index (κ2) is 6.15. The fraction of sp³-hybridized carbons (Fsp3) is 0.176. The first-order valence-corrected chi connectivity index (χ1v) is 6.54. The minimum atomic E-state index is -1.10. The third-order valence-corrected chi connectivity index (χ3v) is 3.21. The van der Waals surface area contributed by atoms with E-state index in [4.69, 9.17) is 5.11 Å². The van der Waals surface area contributed by atoms with Crippen LogP contribution in [-0.2, 0) is 11.2 Å². The smallest absolute Gasteiger partial charge is 0.311 e. The van der Waals surface area contributed by atoms with Gasteiger partial charge in [-0.05, 0) is 23.1 Å². The highest BCUT2D eigenvalue weighted by Crippen LogP contribution is 2.21. The summed E-state index contributed by atoms with van der Waals surface area (Å²) in [5.41, 5.74) is 3.81. The van der Waals surface area contributed by atoms with Crippen LogP contribution in [0.25, 0.3) is 11.1 Å². The van der Waals surface area contributed by atoms with E-state index in [0.717, 1.165) is 17.5 Å². The molecule has 20 heavy (non-hydrogen) atoms. The van der Waals surface area contributed by atoms with Gasteiger partial charge in [0.05, 0.1) is 0 Å². The van der Waals surface area contributed by atoms with E-state index in [1.165, 1.54) is 5.56 Å². The van der Waals surface area contributed by atoms with Crippen molar-refractivity contribution in [2.75, 3.05) is 0 Å². The van der Waals surface area contributed by atoms with Crippen molar-refractivity contribution in [1.29, 1.82) is 0 Å². The molecule has 0 saturated heterocycles. The third-order valence-electron chi connectivity index (χ3n) is 3.21. The number of ketones is 1. The Kier molecular flexibility index (Phi) is 4.31. The van der Waals surface area contributed by atoms with E-state index in [9.17, 15) is 9.59 Å². The Bertz CT molecular complexity index is 610. The van der Waals surface area contributed by atoms with Crippen LogP contribution in [0, 0.1) is 0 Å². The van der Waals surface area contributed by atoms with Crippen LogP contribution < -0.4 is 0 Å². The Labute approximate surface area is 117 Å². The lowest BCUT2D eigenvalue weighted by molar-refractivity contribution is -0.135. The van der Waals surface area contributed by atoms with Crippen molar-refractivity contribution in [3.63, 3.8) is 0 Å². The second-order valence-electron chi connectivity index (χ2n) is 4.62. The molecular formula is C17H16O3. The Balaban J connectivity index is 2.18. The largest absolute Gasteiger partial charge is 0.481 e. The fourth-order valence-corrected chi connectivity index (χ4v) is 2.02. The maximum atomic E-state index is 11.6. The first kappa shape index (κ1) is 14.0. The van der Waals surface area contributed by atoms with Crippen molar-refractivity contribution in [3.05, 3.63) is 59.7 Å². The number of benzene rings is 2. The van der Waals surface area contributed by atoms with Crippen LogP contribution in [0.3, 0.4) is 0 Å². The average molecular weight is 268 g/mol. The summed E-state index contributed by atoms with van der Waals surface area (Å²) in [4.78, 5) is 22.1. The number of Topliss-reactive ketones (excluding diaryl/α,β-unsaturated/α-hetero) is 1. The van der Waals surface area contributed by atoms with E-state index in [-0.39, 0.29) is 5.78 Å². The molecule has 0 radical (unpaired) electrons. The van der Waals surface area contributed by atoms with Crippen LogP contribution in [-0.4, -0.2) is 16.9 Å². The number of aliphatic carboxylic acids is 1. The molecule has 1 N–H and O–H groups in total. The van der Waals surface area contributed by atoms with Crippen LogP contribution in [0.2, 0.25) is 0 Å². The van der Waals surface area contributed by atoms with Crippen molar-refractivity contribution in [2.24, 2.45) is 0 Å². The number of carbonyl (C=O) groups is 2. The van der Waals surface area contributed by atoms with Crippen LogP contribution in [0.5, 0.6) is 0 Å². The number of aryl methyl sites for hydroxylation is 1. The molecule has 3 heteroatoms. The van der Waals surface area contributed by atoms with E-state index in [2.05, 4.69) is 19.1 Å². The highest BCUT2D eigenvalue weighted by molar-refractivity contribution is 6.05. The number of hydrogen-bond donors (Lipinski definition) is 1. The van der Waals surface area contributed by atoms with Gasteiger partial charge in [-0.2, -0.15) is 0 Å². The first-order chi connectivity index (χ1) is 9.60. The van der Waals surface area contributed by atoms with Crippen molar-refractivity contribution >= 4 is 11.8 Å². The van der Waals surface area contributed by atoms with Crippen molar-refractivity contribution in [3.8, 4) is 11.1 Å². The Morgan fingerprint density at radius 2 is 1.40 bits per heavy atom. The molecule has 0 fully saturated rings. The van der Waals surface area contributed by atoms with Crippen molar-refractivity contribution < 1.29 is 14.7 Å². The van der Waals surface area contributed by atoms with Gasteiger partial charge in [0, 0.05) is 5.56 Å². The quantitative estimate of drug-likeness (QED) is 0.666. The topological polar surface area (TPSA) is 54.4 Å². The highest BCUT2D eigenvalue weighted by atomic mass is 16.4. The van der Waals surface area contributed by atoms with Crippen molar-refractivity contribution in [2.45, 2.75) is 19.8 Å². The predicted molar refractivity (Wildman–Crippen MR) is 77.8 cm³/mol. The standard InChI is InChI=1S/C17H16O3/c1-2-12-3-5-13(6-4-12)14-7-9-15(10-8-14)16(18)11-17(19)20/h3-10H,2,11H2,1H3,(H,19,20). The molecule has 2 rings (SSSR count). The lowest BCUT2D eigenvalue weighted by Gasteiger charge is -2.04. The van der Waals surface area contributed by atoms with Crippen LogP contribution in [0.15, 0.2) is 48.5 Å².